The van der Waals surface area contributed by atoms with Crippen molar-refractivity contribution in [3.8, 4) is 0 Å². The maximum Gasteiger partial charge on any atom is 0.155 e. The van der Waals surface area contributed by atoms with E-state index in [1.807, 2.05) is 13.8 Å². The van der Waals surface area contributed by atoms with Crippen molar-refractivity contribution in [3.05, 3.63) is 11.1 Å². The third kappa shape index (κ3) is 3.73. The smallest absolute Gasteiger partial charge is 0.155 e. The highest BCUT2D eigenvalue weighted by Gasteiger charge is 2.12. The van der Waals surface area contributed by atoms with Crippen LogP contribution in [0.15, 0.2) is 11.1 Å². The number of carbonyl (C=O) groups is 1. The molecule has 0 aromatic heterocycles. The van der Waals surface area contributed by atoms with Gasteiger partial charge in [-0.2, -0.15) is 0 Å². The Kier molecular flexibility index (Phi) is 5.63. The van der Waals surface area contributed by atoms with Crippen LogP contribution in [0.5, 0.6) is 0 Å². The first-order valence-electron chi connectivity index (χ1n) is 4.75. The number of rotatable bonds is 5. The van der Waals surface area contributed by atoms with Gasteiger partial charge in [-0.3, -0.25) is 4.79 Å². The predicted octanol–water partition coefficient (Wildman–Crippen LogP) is 2.73. The Morgan fingerprint density at radius 3 is 2.15 bits per heavy atom. The van der Waals surface area contributed by atoms with Gasteiger partial charge >= 0.3 is 0 Å². The van der Waals surface area contributed by atoms with Crippen LogP contribution in [0.25, 0.3) is 0 Å². The molecule has 0 aromatic carbocycles. The molecule has 1 unspecified atom stereocenters. The third-order valence-electron chi connectivity index (χ3n) is 2.44. The number of methoxy groups -OCH3 is 1. The summed E-state index contributed by atoms with van der Waals surface area (Å²) in [4.78, 5) is 11.1. The van der Waals surface area contributed by atoms with Crippen molar-refractivity contribution in [2.45, 2.75) is 46.6 Å². The highest BCUT2D eigenvalue weighted by atomic mass is 16.5. The molecule has 0 fully saturated rings. The topological polar surface area (TPSA) is 26.3 Å². The summed E-state index contributed by atoms with van der Waals surface area (Å²) in [5, 5.41) is 0. The standard InChI is InChI=1S/C11H20O2/c1-6-7-11(13-5)9(3)8(2)10(4)12/h11H,6-7H2,1-5H3/b9-8+. The van der Waals surface area contributed by atoms with Gasteiger partial charge in [0.2, 0.25) is 0 Å². The summed E-state index contributed by atoms with van der Waals surface area (Å²) < 4.78 is 5.31. The van der Waals surface area contributed by atoms with Crippen LogP contribution in [0.1, 0.15) is 40.5 Å². The average molecular weight is 184 g/mol. The maximum atomic E-state index is 11.1. The number of carbonyl (C=O) groups excluding carboxylic acids is 1. The first-order valence-corrected chi connectivity index (χ1v) is 4.75. The maximum absolute atomic E-state index is 11.1. The monoisotopic (exact) mass is 184 g/mol. The van der Waals surface area contributed by atoms with Crippen LogP contribution < -0.4 is 0 Å². The zero-order valence-electron chi connectivity index (χ0n) is 9.31. The van der Waals surface area contributed by atoms with Crippen LogP contribution in [-0.4, -0.2) is 19.0 Å². The van der Waals surface area contributed by atoms with Crippen LogP contribution in [0.2, 0.25) is 0 Å². The molecule has 0 spiro atoms. The quantitative estimate of drug-likeness (QED) is 0.614. The lowest BCUT2D eigenvalue weighted by atomic mass is 10.00. The Morgan fingerprint density at radius 2 is 1.85 bits per heavy atom. The van der Waals surface area contributed by atoms with Gasteiger partial charge in [-0.05, 0) is 38.3 Å². The average Bonchev–Trinajstić information content (AvgIpc) is 2.11. The van der Waals surface area contributed by atoms with E-state index in [9.17, 15) is 4.79 Å². The van der Waals surface area contributed by atoms with Gasteiger partial charge in [0.05, 0.1) is 6.10 Å². The van der Waals surface area contributed by atoms with E-state index in [1.165, 1.54) is 0 Å². The van der Waals surface area contributed by atoms with Crippen molar-refractivity contribution in [1.29, 1.82) is 0 Å². The van der Waals surface area contributed by atoms with E-state index < -0.39 is 0 Å². The molecule has 13 heavy (non-hydrogen) atoms. The van der Waals surface area contributed by atoms with Crippen molar-refractivity contribution in [2.75, 3.05) is 7.11 Å². The molecular formula is C11H20O2. The number of ether oxygens (including phenoxy) is 1. The first kappa shape index (κ1) is 12.4. The Balaban J connectivity index is 4.59. The van der Waals surface area contributed by atoms with Crippen LogP contribution in [0.3, 0.4) is 0 Å². The number of Topliss-reactive ketones (excluding diaryl/α,β-unsaturated/α-hetero) is 1. The van der Waals surface area contributed by atoms with Crippen molar-refractivity contribution in [2.24, 2.45) is 0 Å². The summed E-state index contributed by atoms with van der Waals surface area (Å²) in [5.74, 6) is 0.135. The molecule has 0 rings (SSSR count). The van der Waals surface area contributed by atoms with E-state index in [-0.39, 0.29) is 11.9 Å². The molecule has 0 N–H and O–H groups in total. The molecule has 76 valence electrons. The fraction of sp³-hybridized carbons (Fsp3) is 0.727. The Labute approximate surface area is 81.0 Å². The first-order chi connectivity index (χ1) is 6.04. The molecule has 0 bridgehead atoms. The van der Waals surface area contributed by atoms with Gasteiger partial charge in [-0.25, -0.2) is 0 Å². The molecule has 1 atom stereocenters. The lowest BCUT2D eigenvalue weighted by Gasteiger charge is -2.16. The summed E-state index contributed by atoms with van der Waals surface area (Å²) in [5.41, 5.74) is 1.90. The fourth-order valence-corrected chi connectivity index (χ4v) is 1.29. The van der Waals surface area contributed by atoms with Crippen molar-refractivity contribution in [1.82, 2.24) is 0 Å². The van der Waals surface area contributed by atoms with Gasteiger partial charge in [-0.15, -0.1) is 0 Å². The molecular weight excluding hydrogens is 164 g/mol. The van der Waals surface area contributed by atoms with Crippen LogP contribution in [0.4, 0.5) is 0 Å². The van der Waals surface area contributed by atoms with E-state index in [1.54, 1.807) is 14.0 Å². The number of hydrogen-bond acceptors (Lipinski definition) is 2. The predicted molar refractivity (Wildman–Crippen MR) is 54.8 cm³/mol. The van der Waals surface area contributed by atoms with Crippen LogP contribution >= 0.6 is 0 Å². The van der Waals surface area contributed by atoms with E-state index in [0.29, 0.717) is 0 Å². The normalized spacial score (nSPS) is 15.2. The summed E-state index contributed by atoms with van der Waals surface area (Å²) >= 11 is 0. The fourth-order valence-electron chi connectivity index (χ4n) is 1.29. The van der Waals surface area contributed by atoms with E-state index in [4.69, 9.17) is 4.74 Å². The molecule has 0 heterocycles. The molecule has 0 saturated heterocycles. The van der Waals surface area contributed by atoms with Crippen LogP contribution in [0, 0.1) is 0 Å². The van der Waals surface area contributed by atoms with Gasteiger partial charge < -0.3 is 4.74 Å². The minimum absolute atomic E-state index is 0.105. The minimum Gasteiger partial charge on any atom is -0.377 e. The zero-order valence-corrected chi connectivity index (χ0v) is 9.31. The molecule has 0 aromatic rings. The number of hydrogen-bond donors (Lipinski definition) is 0. The second kappa shape index (κ2) is 5.92. The molecule has 2 nitrogen and oxygen atoms in total. The highest BCUT2D eigenvalue weighted by Crippen LogP contribution is 2.16. The summed E-state index contributed by atoms with van der Waals surface area (Å²) in [6.45, 7) is 7.54. The minimum atomic E-state index is 0.105. The van der Waals surface area contributed by atoms with Crippen molar-refractivity contribution < 1.29 is 9.53 Å². The second-order valence-electron chi connectivity index (χ2n) is 3.38. The van der Waals surface area contributed by atoms with Crippen molar-refractivity contribution >= 4 is 5.78 Å². The largest absolute Gasteiger partial charge is 0.377 e. The highest BCUT2D eigenvalue weighted by molar-refractivity contribution is 5.93. The van der Waals surface area contributed by atoms with E-state index in [0.717, 1.165) is 24.0 Å². The third-order valence-corrected chi connectivity index (χ3v) is 2.44. The number of allylic oxidation sites excluding steroid dienone is 1. The molecule has 0 aliphatic rings. The zero-order chi connectivity index (χ0) is 10.4. The van der Waals surface area contributed by atoms with Gasteiger partial charge in [0.25, 0.3) is 0 Å². The van der Waals surface area contributed by atoms with Gasteiger partial charge in [-0.1, -0.05) is 13.3 Å². The molecule has 0 aliphatic carbocycles. The van der Waals surface area contributed by atoms with Crippen LogP contribution in [-0.2, 0) is 9.53 Å². The lowest BCUT2D eigenvalue weighted by molar-refractivity contribution is -0.113. The Morgan fingerprint density at radius 1 is 1.31 bits per heavy atom. The van der Waals surface area contributed by atoms with Gasteiger partial charge in [0, 0.05) is 7.11 Å². The summed E-state index contributed by atoms with van der Waals surface area (Å²) in [6.07, 6.45) is 2.16. The van der Waals surface area contributed by atoms with E-state index >= 15 is 0 Å². The molecule has 0 aliphatic heterocycles. The molecule has 0 radical (unpaired) electrons. The Bertz CT molecular complexity index is 204. The van der Waals surface area contributed by atoms with Gasteiger partial charge in [0.1, 0.15) is 0 Å². The van der Waals surface area contributed by atoms with Crippen molar-refractivity contribution in [3.63, 3.8) is 0 Å². The lowest BCUT2D eigenvalue weighted by Crippen LogP contribution is -2.14. The Hall–Kier alpha value is -0.630. The molecule has 0 saturated carbocycles. The number of ketones is 1. The van der Waals surface area contributed by atoms with Gasteiger partial charge in [0.15, 0.2) is 5.78 Å². The summed E-state index contributed by atoms with van der Waals surface area (Å²) in [7, 11) is 1.69. The molecule has 2 heteroatoms. The summed E-state index contributed by atoms with van der Waals surface area (Å²) in [6, 6.07) is 0. The molecule has 0 amide bonds. The van der Waals surface area contributed by atoms with E-state index in [2.05, 4.69) is 6.92 Å². The second-order valence-corrected chi connectivity index (χ2v) is 3.38. The SMILES string of the molecule is CCCC(OC)/C(C)=C(\C)C(C)=O.